The molecule has 1 N–H and O–H groups in total. The monoisotopic (exact) mass is 224 g/mol. The second-order valence-electron chi connectivity index (χ2n) is 5.31. The van der Waals surface area contributed by atoms with Crippen molar-refractivity contribution in [3.8, 4) is 0 Å². The van der Waals surface area contributed by atoms with Crippen LogP contribution in [-0.2, 0) is 13.0 Å². The van der Waals surface area contributed by atoms with Gasteiger partial charge in [-0.05, 0) is 25.7 Å². The molecule has 0 aromatic carbocycles. The zero-order chi connectivity index (χ0) is 12.2. The first kappa shape index (κ1) is 13.2. The SMILES string of the molecule is CCCn1ccnc1CC(C)(O)CC(C)C. The van der Waals surface area contributed by atoms with Crippen LogP contribution < -0.4 is 0 Å². The smallest absolute Gasteiger partial charge is 0.111 e. The van der Waals surface area contributed by atoms with E-state index in [9.17, 15) is 5.11 Å². The van der Waals surface area contributed by atoms with Gasteiger partial charge in [0.1, 0.15) is 5.82 Å². The molecular formula is C13H24N2O. The lowest BCUT2D eigenvalue weighted by atomic mass is 9.91. The maximum absolute atomic E-state index is 10.3. The first-order valence-electron chi connectivity index (χ1n) is 6.17. The molecule has 0 spiro atoms. The van der Waals surface area contributed by atoms with E-state index < -0.39 is 5.60 Å². The summed E-state index contributed by atoms with van der Waals surface area (Å²) >= 11 is 0. The Labute approximate surface area is 98.5 Å². The van der Waals surface area contributed by atoms with E-state index in [-0.39, 0.29) is 0 Å². The van der Waals surface area contributed by atoms with Gasteiger partial charge in [0.15, 0.2) is 0 Å². The van der Waals surface area contributed by atoms with Crippen molar-refractivity contribution in [2.75, 3.05) is 0 Å². The summed E-state index contributed by atoms with van der Waals surface area (Å²) in [6.45, 7) is 9.29. The Morgan fingerprint density at radius 2 is 2.19 bits per heavy atom. The van der Waals surface area contributed by atoms with Crippen LogP contribution in [0.25, 0.3) is 0 Å². The van der Waals surface area contributed by atoms with Crippen molar-refractivity contribution in [3.05, 3.63) is 18.2 Å². The molecule has 0 saturated heterocycles. The van der Waals surface area contributed by atoms with E-state index in [1.165, 1.54) is 0 Å². The molecule has 0 saturated carbocycles. The molecule has 1 rings (SSSR count). The van der Waals surface area contributed by atoms with Crippen molar-refractivity contribution in [2.45, 2.75) is 59.1 Å². The molecule has 0 aliphatic carbocycles. The average Bonchev–Trinajstić information content (AvgIpc) is 2.50. The van der Waals surface area contributed by atoms with E-state index >= 15 is 0 Å². The Bertz CT molecular complexity index is 315. The Hall–Kier alpha value is -0.830. The Morgan fingerprint density at radius 1 is 1.50 bits per heavy atom. The lowest BCUT2D eigenvalue weighted by Crippen LogP contribution is -2.30. The number of imidazole rings is 1. The summed E-state index contributed by atoms with van der Waals surface area (Å²) < 4.78 is 2.13. The predicted octanol–water partition coefficient (Wildman–Crippen LogP) is 2.63. The van der Waals surface area contributed by atoms with Crippen molar-refractivity contribution in [1.29, 1.82) is 0 Å². The fourth-order valence-electron chi connectivity index (χ4n) is 2.24. The fourth-order valence-corrected chi connectivity index (χ4v) is 2.24. The van der Waals surface area contributed by atoms with Crippen LogP contribution in [0.1, 0.15) is 46.4 Å². The van der Waals surface area contributed by atoms with E-state index in [1.54, 1.807) is 0 Å². The quantitative estimate of drug-likeness (QED) is 0.806. The molecule has 0 radical (unpaired) electrons. The van der Waals surface area contributed by atoms with Crippen LogP contribution in [0.4, 0.5) is 0 Å². The third-order valence-corrected chi connectivity index (χ3v) is 2.65. The molecule has 1 heterocycles. The molecule has 92 valence electrons. The summed E-state index contributed by atoms with van der Waals surface area (Å²) in [5, 5.41) is 10.3. The summed E-state index contributed by atoms with van der Waals surface area (Å²) in [5.74, 6) is 1.50. The lowest BCUT2D eigenvalue weighted by molar-refractivity contribution is 0.0361. The van der Waals surface area contributed by atoms with Gasteiger partial charge in [-0.25, -0.2) is 4.98 Å². The molecule has 1 aromatic rings. The zero-order valence-corrected chi connectivity index (χ0v) is 10.9. The summed E-state index contributed by atoms with van der Waals surface area (Å²) in [6, 6.07) is 0. The minimum absolute atomic E-state index is 0.504. The van der Waals surface area contributed by atoms with Gasteiger partial charge in [0.05, 0.1) is 5.60 Å². The minimum atomic E-state index is -0.648. The second-order valence-corrected chi connectivity index (χ2v) is 5.31. The molecule has 3 nitrogen and oxygen atoms in total. The third-order valence-electron chi connectivity index (χ3n) is 2.65. The molecule has 0 aliphatic heterocycles. The van der Waals surface area contributed by atoms with E-state index in [4.69, 9.17) is 0 Å². The van der Waals surface area contributed by atoms with Crippen LogP contribution in [0.5, 0.6) is 0 Å². The Kier molecular flexibility index (Phi) is 4.54. The number of aromatic nitrogens is 2. The van der Waals surface area contributed by atoms with Crippen LogP contribution in [0, 0.1) is 5.92 Å². The van der Waals surface area contributed by atoms with Crippen molar-refractivity contribution < 1.29 is 5.11 Å². The number of rotatable bonds is 6. The minimum Gasteiger partial charge on any atom is -0.390 e. The highest BCUT2D eigenvalue weighted by Gasteiger charge is 2.24. The maximum Gasteiger partial charge on any atom is 0.111 e. The van der Waals surface area contributed by atoms with Gasteiger partial charge in [-0.3, -0.25) is 0 Å². The number of nitrogens with zero attached hydrogens (tertiary/aromatic N) is 2. The van der Waals surface area contributed by atoms with Gasteiger partial charge in [0.2, 0.25) is 0 Å². The van der Waals surface area contributed by atoms with Gasteiger partial charge in [-0.15, -0.1) is 0 Å². The Balaban J connectivity index is 2.67. The van der Waals surface area contributed by atoms with Crippen LogP contribution in [-0.4, -0.2) is 20.3 Å². The van der Waals surface area contributed by atoms with Gasteiger partial charge in [0.25, 0.3) is 0 Å². The van der Waals surface area contributed by atoms with Gasteiger partial charge in [-0.2, -0.15) is 0 Å². The van der Waals surface area contributed by atoms with Crippen molar-refractivity contribution in [2.24, 2.45) is 5.92 Å². The first-order chi connectivity index (χ1) is 7.44. The molecule has 0 fully saturated rings. The highest BCUT2D eigenvalue weighted by molar-refractivity contribution is 4.97. The van der Waals surface area contributed by atoms with Crippen LogP contribution in [0.15, 0.2) is 12.4 Å². The molecule has 1 unspecified atom stereocenters. The third kappa shape index (κ3) is 3.97. The number of aryl methyl sites for hydroxylation is 1. The highest BCUT2D eigenvalue weighted by atomic mass is 16.3. The van der Waals surface area contributed by atoms with E-state index in [2.05, 4.69) is 30.3 Å². The average molecular weight is 224 g/mol. The molecule has 0 aliphatic rings. The molecule has 0 bridgehead atoms. The van der Waals surface area contributed by atoms with E-state index in [0.29, 0.717) is 12.3 Å². The van der Waals surface area contributed by atoms with Gasteiger partial charge in [-0.1, -0.05) is 20.8 Å². The highest BCUT2D eigenvalue weighted by Crippen LogP contribution is 2.20. The molecule has 1 atom stereocenters. The predicted molar refractivity (Wildman–Crippen MR) is 66.3 cm³/mol. The number of hydrogen-bond acceptors (Lipinski definition) is 2. The van der Waals surface area contributed by atoms with E-state index in [0.717, 1.165) is 25.2 Å². The van der Waals surface area contributed by atoms with Gasteiger partial charge < -0.3 is 9.67 Å². The lowest BCUT2D eigenvalue weighted by Gasteiger charge is -2.25. The van der Waals surface area contributed by atoms with Gasteiger partial charge >= 0.3 is 0 Å². The summed E-state index contributed by atoms with van der Waals surface area (Å²) in [6.07, 6.45) is 6.35. The molecule has 0 amide bonds. The summed E-state index contributed by atoms with van der Waals surface area (Å²) in [5.41, 5.74) is -0.648. The van der Waals surface area contributed by atoms with Crippen LogP contribution in [0.2, 0.25) is 0 Å². The first-order valence-corrected chi connectivity index (χ1v) is 6.17. The normalized spacial score (nSPS) is 15.4. The summed E-state index contributed by atoms with van der Waals surface area (Å²) in [4.78, 5) is 4.33. The number of aliphatic hydroxyl groups is 1. The maximum atomic E-state index is 10.3. The fraction of sp³-hybridized carbons (Fsp3) is 0.769. The Morgan fingerprint density at radius 3 is 2.75 bits per heavy atom. The van der Waals surface area contributed by atoms with Gasteiger partial charge in [0, 0.05) is 25.4 Å². The molecular weight excluding hydrogens is 200 g/mol. The topological polar surface area (TPSA) is 38.0 Å². The summed E-state index contributed by atoms with van der Waals surface area (Å²) in [7, 11) is 0. The standard InChI is InChI=1S/C13H24N2O/c1-5-7-15-8-6-14-12(15)10-13(4,16)9-11(2)3/h6,8,11,16H,5,7,9-10H2,1-4H3. The van der Waals surface area contributed by atoms with Crippen LogP contribution >= 0.6 is 0 Å². The van der Waals surface area contributed by atoms with Crippen molar-refractivity contribution >= 4 is 0 Å². The van der Waals surface area contributed by atoms with Crippen molar-refractivity contribution in [3.63, 3.8) is 0 Å². The van der Waals surface area contributed by atoms with E-state index in [1.807, 2.05) is 19.3 Å². The zero-order valence-electron chi connectivity index (χ0n) is 10.9. The number of hydrogen-bond donors (Lipinski definition) is 1. The molecule has 3 heteroatoms. The van der Waals surface area contributed by atoms with Crippen LogP contribution in [0.3, 0.4) is 0 Å². The molecule has 16 heavy (non-hydrogen) atoms. The second kappa shape index (κ2) is 5.48. The molecule has 1 aromatic heterocycles. The van der Waals surface area contributed by atoms with Crippen molar-refractivity contribution in [1.82, 2.24) is 9.55 Å². The largest absolute Gasteiger partial charge is 0.390 e.